The van der Waals surface area contributed by atoms with Gasteiger partial charge in [0.1, 0.15) is 5.75 Å². The first-order valence-corrected chi connectivity index (χ1v) is 6.54. The van der Waals surface area contributed by atoms with Crippen molar-refractivity contribution < 1.29 is 9.32 Å². The van der Waals surface area contributed by atoms with Crippen molar-refractivity contribution in [2.45, 2.75) is 0 Å². The number of carbonyl (C=O) groups is 1. The van der Waals surface area contributed by atoms with Crippen LogP contribution in [0.4, 0.5) is 0 Å². The van der Waals surface area contributed by atoms with Crippen molar-refractivity contribution in [1.82, 2.24) is 5.09 Å². The molecule has 2 aromatic carbocycles. The second-order valence-corrected chi connectivity index (χ2v) is 5.17. The van der Waals surface area contributed by atoms with Gasteiger partial charge in [0.25, 0.3) is 5.91 Å². The molecule has 1 unspecified atom stereocenters. The predicted octanol–water partition coefficient (Wildman–Crippen LogP) is 2.45. The van der Waals surface area contributed by atoms with E-state index in [9.17, 15) is 4.79 Å². The van der Waals surface area contributed by atoms with Crippen LogP contribution in [0.5, 0.6) is 5.75 Å². The van der Waals surface area contributed by atoms with Crippen molar-refractivity contribution in [2.24, 2.45) is 0 Å². The fourth-order valence-electron chi connectivity index (χ4n) is 1.69. The lowest BCUT2D eigenvalue weighted by molar-refractivity contribution is 0.0973. The molecule has 2 aromatic rings. The number of para-hydroxylation sites is 1. The minimum absolute atomic E-state index is 0.0678. The Labute approximate surface area is 100 Å². The molecular formula is C13H10NO2P. The van der Waals surface area contributed by atoms with Gasteiger partial charge in [0, 0.05) is 5.30 Å². The maximum Gasteiger partial charge on any atom is 0.260 e. The number of hydrogen-bond donors (Lipinski definition) is 1. The highest BCUT2D eigenvalue weighted by Gasteiger charge is 2.26. The molecule has 0 aromatic heterocycles. The molecule has 0 radical (unpaired) electrons. The number of benzene rings is 2. The van der Waals surface area contributed by atoms with Crippen LogP contribution in [0, 0.1) is 0 Å². The predicted molar refractivity (Wildman–Crippen MR) is 67.5 cm³/mol. The van der Waals surface area contributed by atoms with Crippen LogP contribution in [0.1, 0.15) is 10.4 Å². The number of rotatable bonds is 1. The van der Waals surface area contributed by atoms with E-state index in [-0.39, 0.29) is 5.91 Å². The molecule has 1 aliphatic rings. The zero-order valence-electron chi connectivity index (χ0n) is 8.96. The summed E-state index contributed by atoms with van der Waals surface area (Å²) in [4.78, 5) is 11.9. The summed E-state index contributed by atoms with van der Waals surface area (Å²) in [7, 11) is -1.09. The van der Waals surface area contributed by atoms with E-state index in [0.29, 0.717) is 11.3 Å². The number of fused-ring (bicyclic) bond motifs is 1. The summed E-state index contributed by atoms with van der Waals surface area (Å²) in [6.07, 6.45) is 0. The molecule has 0 aliphatic carbocycles. The monoisotopic (exact) mass is 243 g/mol. The van der Waals surface area contributed by atoms with Crippen LogP contribution in [0.2, 0.25) is 0 Å². The minimum atomic E-state index is -1.09. The van der Waals surface area contributed by atoms with E-state index in [1.807, 2.05) is 48.5 Å². The first kappa shape index (κ1) is 10.3. The van der Waals surface area contributed by atoms with Crippen LogP contribution >= 0.6 is 8.30 Å². The topological polar surface area (TPSA) is 38.3 Å². The lowest BCUT2D eigenvalue weighted by Gasteiger charge is -2.25. The highest BCUT2D eigenvalue weighted by atomic mass is 31.2. The second-order valence-electron chi connectivity index (χ2n) is 3.66. The van der Waals surface area contributed by atoms with Crippen molar-refractivity contribution in [3.05, 3.63) is 60.2 Å². The summed E-state index contributed by atoms with van der Waals surface area (Å²) >= 11 is 0. The van der Waals surface area contributed by atoms with Crippen molar-refractivity contribution in [2.75, 3.05) is 0 Å². The van der Waals surface area contributed by atoms with Crippen LogP contribution in [-0.2, 0) is 0 Å². The average molecular weight is 243 g/mol. The van der Waals surface area contributed by atoms with E-state index in [2.05, 4.69) is 5.09 Å². The molecule has 17 heavy (non-hydrogen) atoms. The van der Waals surface area contributed by atoms with E-state index >= 15 is 0 Å². The van der Waals surface area contributed by atoms with Crippen LogP contribution in [0.3, 0.4) is 0 Å². The van der Waals surface area contributed by atoms with E-state index in [1.54, 1.807) is 6.07 Å². The third kappa shape index (κ3) is 1.90. The Balaban J connectivity index is 1.97. The molecule has 0 saturated heterocycles. The summed E-state index contributed by atoms with van der Waals surface area (Å²) in [5.41, 5.74) is 0.599. The summed E-state index contributed by atoms with van der Waals surface area (Å²) in [6, 6.07) is 17.0. The smallest absolute Gasteiger partial charge is 0.260 e. The zero-order valence-corrected chi connectivity index (χ0v) is 9.85. The molecule has 1 heterocycles. The zero-order chi connectivity index (χ0) is 11.7. The lowest BCUT2D eigenvalue weighted by Crippen LogP contribution is -2.29. The summed E-state index contributed by atoms with van der Waals surface area (Å²) in [6.45, 7) is 0. The molecule has 3 nitrogen and oxygen atoms in total. The Morgan fingerprint density at radius 3 is 2.47 bits per heavy atom. The van der Waals surface area contributed by atoms with Crippen LogP contribution in [0.25, 0.3) is 0 Å². The molecule has 1 amide bonds. The highest BCUT2D eigenvalue weighted by molar-refractivity contribution is 7.60. The van der Waals surface area contributed by atoms with E-state index in [0.717, 1.165) is 5.30 Å². The molecule has 84 valence electrons. The van der Waals surface area contributed by atoms with E-state index < -0.39 is 8.30 Å². The number of amides is 1. The Morgan fingerprint density at radius 1 is 0.941 bits per heavy atom. The van der Waals surface area contributed by atoms with Crippen LogP contribution < -0.4 is 14.9 Å². The molecule has 3 rings (SSSR count). The van der Waals surface area contributed by atoms with Crippen molar-refractivity contribution in [1.29, 1.82) is 0 Å². The molecular weight excluding hydrogens is 233 g/mol. The van der Waals surface area contributed by atoms with Gasteiger partial charge < -0.3 is 4.52 Å². The third-order valence-electron chi connectivity index (χ3n) is 2.52. The SMILES string of the molecule is O=C1NP(c2ccccc2)Oc2ccccc21. The first-order valence-electron chi connectivity index (χ1n) is 5.28. The van der Waals surface area contributed by atoms with Crippen molar-refractivity contribution in [3.8, 4) is 5.75 Å². The van der Waals surface area contributed by atoms with Crippen LogP contribution in [-0.4, -0.2) is 5.91 Å². The fourth-order valence-corrected chi connectivity index (χ4v) is 3.07. The summed E-state index contributed by atoms with van der Waals surface area (Å²) in [5, 5.41) is 3.90. The third-order valence-corrected chi connectivity index (χ3v) is 4.07. The Kier molecular flexibility index (Phi) is 2.54. The second kappa shape index (κ2) is 4.19. The van der Waals surface area contributed by atoms with Gasteiger partial charge in [-0.15, -0.1) is 0 Å². The molecule has 1 aliphatic heterocycles. The van der Waals surface area contributed by atoms with Gasteiger partial charge in [-0.1, -0.05) is 30.3 Å². The highest BCUT2D eigenvalue weighted by Crippen LogP contribution is 2.39. The van der Waals surface area contributed by atoms with Gasteiger partial charge in [-0.3, -0.25) is 9.88 Å². The van der Waals surface area contributed by atoms with Gasteiger partial charge in [0.15, 0.2) is 0 Å². The summed E-state index contributed by atoms with van der Waals surface area (Å²) < 4.78 is 5.82. The van der Waals surface area contributed by atoms with Gasteiger partial charge in [0.05, 0.1) is 5.56 Å². The maximum atomic E-state index is 11.9. The van der Waals surface area contributed by atoms with E-state index in [4.69, 9.17) is 4.52 Å². The standard InChI is InChI=1S/C13H10NO2P/c15-13-11-8-4-5-9-12(11)16-17(14-13)10-6-2-1-3-7-10/h1-9H,(H,14,15). The van der Waals surface area contributed by atoms with Gasteiger partial charge in [-0.05, 0) is 24.3 Å². The molecule has 0 bridgehead atoms. The molecule has 1 N–H and O–H groups in total. The van der Waals surface area contributed by atoms with Crippen molar-refractivity contribution in [3.63, 3.8) is 0 Å². The number of hydrogen-bond acceptors (Lipinski definition) is 2. The van der Waals surface area contributed by atoms with Crippen LogP contribution in [0.15, 0.2) is 54.6 Å². The van der Waals surface area contributed by atoms with Gasteiger partial charge >= 0.3 is 0 Å². The molecule has 4 heteroatoms. The maximum absolute atomic E-state index is 11.9. The summed E-state index contributed by atoms with van der Waals surface area (Å²) in [5.74, 6) is 0.591. The average Bonchev–Trinajstić information content (AvgIpc) is 2.40. The largest absolute Gasteiger partial charge is 0.448 e. The fraction of sp³-hybridized carbons (Fsp3) is 0. The number of carbonyl (C=O) groups excluding carboxylic acids is 1. The molecule has 1 atom stereocenters. The Morgan fingerprint density at radius 2 is 1.65 bits per heavy atom. The first-order chi connectivity index (χ1) is 8.34. The van der Waals surface area contributed by atoms with E-state index in [1.165, 1.54) is 0 Å². The van der Waals surface area contributed by atoms with Gasteiger partial charge in [-0.25, -0.2) is 0 Å². The van der Waals surface area contributed by atoms with Crippen molar-refractivity contribution >= 4 is 19.5 Å². The quantitative estimate of drug-likeness (QED) is 0.781. The normalized spacial score (nSPS) is 17.9. The minimum Gasteiger partial charge on any atom is -0.448 e. The number of nitrogens with one attached hydrogen (secondary N) is 1. The Hall–Kier alpha value is -1.86. The Bertz CT molecular complexity index is 556. The molecule has 0 spiro atoms. The lowest BCUT2D eigenvalue weighted by atomic mass is 10.2. The molecule has 0 fully saturated rings. The van der Waals surface area contributed by atoms with Gasteiger partial charge in [0.2, 0.25) is 8.30 Å². The molecule has 0 saturated carbocycles. The van der Waals surface area contributed by atoms with Gasteiger partial charge in [-0.2, -0.15) is 0 Å².